The zero-order chi connectivity index (χ0) is 14.5. The van der Waals surface area contributed by atoms with E-state index in [4.69, 9.17) is 4.74 Å². The molecule has 4 heteroatoms. The van der Waals surface area contributed by atoms with E-state index >= 15 is 0 Å². The topological polar surface area (TPSA) is 61.7 Å². The van der Waals surface area contributed by atoms with Crippen LogP contribution < -0.4 is 5.32 Å². The molecule has 0 spiro atoms. The van der Waals surface area contributed by atoms with Crippen molar-refractivity contribution in [1.29, 1.82) is 0 Å². The number of aryl methyl sites for hydroxylation is 2. The maximum absolute atomic E-state index is 10.1. The van der Waals surface area contributed by atoms with Gasteiger partial charge < -0.3 is 20.3 Å². The van der Waals surface area contributed by atoms with Crippen LogP contribution in [-0.4, -0.2) is 36.1 Å². The summed E-state index contributed by atoms with van der Waals surface area (Å²) in [6, 6.07) is 3.92. The van der Waals surface area contributed by atoms with Gasteiger partial charge in [0, 0.05) is 33.2 Å². The molecule has 0 saturated carbocycles. The van der Waals surface area contributed by atoms with Gasteiger partial charge in [0.05, 0.1) is 5.60 Å². The second-order valence-electron chi connectivity index (χ2n) is 5.42. The van der Waals surface area contributed by atoms with Gasteiger partial charge in [-0.1, -0.05) is 12.1 Å². The average molecular weight is 267 g/mol. The fourth-order valence-corrected chi connectivity index (χ4v) is 2.03. The molecule has 1 atom stereocenters. The highest BCUT2D eigenvalue weighted by Crippen LogP contribution is 2.22. The smallest absolute Gasteiger partial charge is 0.121 e. The molecule has 0 amide bonds. The summed E-state index contributed by atoms with van der Waals surface area (Å²) >= 11 is 0. The number of aliphatic hydroxyl groups is 1. The predicted molar refractivity (Wildman–Crippen MR) is 76.4 cm³/mol. The molecule has 0 saturated heterocycles. The Hall–Kier alpha value is -1.10. The highest BCUT2D eigenvalue weighted by molar-refractivity contribution is 5.42. The Balaban J connectivity index is 2.49. The third-order valence-corrected chi connectivity index (χ3v) is 3.23. The summed E-state index contributed by atoms with van der Waals surface area (Å²) in [5.41, 5.74) is 2.10. The van der Waals surface area contributed by atoms with Crippen molar-refractivity contribution < 1.29 is 14.9 Å². The number of phenols is 1. The molecule has 1 unspecified atom stereocenters. The Morgan fingerprint density at radius 2 is 1.84 bits per heavy atom. The van der Waals surface area contributed by atoms with E-state index in [1.165, 1.54) is 0 Å². The van der Waals surface area contributed by atoms with Crippen molar-refractivity contribution in [3.05, 3.63) is 28.8 Å². The van der Waals surface area contributed by atoms with E-state index in [1.807, 2.05) is 26.0 Å². The van der Waals surface area contributed by atoms with Crippen LogP contribution in [-0.2, 0) is 11.3 Å². The minimum absolute atomic E-state index is 0.357. The molecule has 0 aliphatic carbocycles. The highest BCUT2D eigenvalue weighted by atomic mass is 16.5. The third-order valence-electron chi connectivity index (χ3n) is 3.23. The summed E-state index contributed by atoms with van der Waals surface area (Å²) in [4.78, 5) is 0. The molecule has 4 nitrogen and oxygen atoms in total. The fourth-order valence-electron chi connectivity index (χ4n) is 2.03. The Morgan fingerprint density at radius 3 is 2.37 bits per heavy atom. The highest BCUT2D eigenvalue weighted by Gasteiger charge is 2.19. The lowest BCUT2D eigenvalue weighted by atomic mass is 10.0. The standard InChI is InChI=1S/C15H25NO3/c1-11-7-13(8-12(2)14(11)17)9-16-10-15(3,18)5-6-19-4/h7-8,16-18H,5-6,9-10H2,1-4H3. The van der Waals surface area contributed by atoms with Gasteiger partial charge >= 0.3 is 0 Å². The second kappa shape index (κ2) is 6.89. The molecule has 1 aromatic carbocycles. The van der Waals surface area contributed by atoms with Crippen LogP contribution in [0.1, 0.15) is 30.0 Å². The normalized spacial score (nSPS) is 14.4. The van der Waals surface area contributed by atoms with Gasteiger partial charge in [0.1, 0.15) is 5.75 Å². The number of methoxy groups -OCH3 is 1. The second-order valence-corrected chi connectivity index (χ2v) is 5.42. The molecule has 108 valence electrons. The average Bonchev–Trinajstić information content (AvgIpc) is 2.33. The van der Waals surface area contributed by atoms with Crippen molar-refractivity contribution in [3.8, 4) is 5.75 Å². The number of phenolic OH excluding ortho intramolecular Hbond substituents is 1. The first-order valence-electron chi connectivity index (χ1n) is 6.57. The summed E-state index contributed by atoms with van der Waals surface area (Å²) in [5, 5.41) is 23.0. The van der Waals surface area contributed by atoms with Gasteiger partial charge in [0.25, 0.3) is 0 Å². The molecular weight excluding hydrogens is 242 g/mol. The summed E-state index contributed by atoms with van der Waals surface area (Å²) in [6.45, 7) is 7.31. The van der Waals surface area contributed by atoms with Crippen molar-refractivity contribution >= 4 is 0 Å². The van der Waals surface area contributed by atoms with Crippen molar-refractivity contribution in [2.45, 2.75) is 39.3 Å². The van der Waals surface area contributed by atoms with Crippen LogP contribution in [0, 0.1) is 13.8 Å². The minimum Gasteiger partial charge on any atom is -0.507 e. The lowest BCUT2D eigenvalue weighted by Gasteiger charge is -2.23. The van der Waals surface area contributed by atoms with Gasteiger partial charge in [-0.25, -0.2) is 0 Å². The van der Waals surface area contributed by atoms with Crippen LogP contribution in [0.5, 0.6) is 5.75 Å². The molecule has 1 rings (SSSR count). The molecule has 0 heterocycles. The van der Waals surface area contributed by atoms with Gasteiger partial charge in [0.15, 0.2) is 0 Å². The molecule has 0 aliphatic heterocycles. The SMILES string of the molecule is COCCC(C)(O)CNCc1cc(C)c(O)c(C)c1. The molecule has 0 bridgehead atoms. The van der Waals surface area contributed by atoms with Crippen LogP contribution in [0.25, 0.3) is 0 Å². The zero-order valence-electron chi connectivity index (χ0n) is 12.3. The molecule has 0 radical (unpaired) electrons. The Morgan fingerprint density at radius 1 is 1.26 bits per heavy atom. The minimum atomic E-state index is -0.767. The van der Waals surface area contributed by atoms with Gasteiger partial charge in [-0.15, -0.1) is 0 Å². The zero-order valence-corrected chi connectivity index (χ0v) is 12.3. The van der Waals surface area contributed by atoms with Crippen molar-refractivity contribution in [3.63, 3.8) is 0 Å². The molecule has 0 fully saturated rings. The summed E-state index contributed by atoms with van der Waals surface area (Å²) in [7, 11) is 1.63. The summed E-state index contributed by atoms with van der Waals surface area (Å²) in [5.74, 6) is 0.357. The number of benzene rings is 1. The van der Waals surface area contributed by atoms with Crippen LogP contribution in [0.3, 0.4) is 0 Å². The quantitative estimate of drug-likeness (QED) is 0.706. The maximum Gasteiger partial charge on any atom is 0.121 e. The van der Waals surface area contributed by atoms with Crippen LogP contribution >= 0.6 is 0 Å². The van der Waals surface area contributed by atoms with Crippen molar-refractivity contribution in [2.24, 2.45) is 0 Å². The number of rotatable bonds is 7. The van der Waals surface area contributed by atoms with Crippen molar-refractivity contribution in [2.75, 3.05) is 20.3 Å². The van der Waals surface area contributed by atoms with Crippen LogP contribution in [0.2, 0.25) is 0 Å². The third kappa shape index (κ3) is 5.19. The lowest BCUT2D eigenvalue weighted by molar-refractivity contribution is 0.0247. The largest absolute Gasteiger partial charge is 0.507 e. The molecule has 3 N–H and O–H groups in total. The van der Waals surface area contributed by atoms with E-state index in [0.717, 1.165) is 16.7 Å². The van der Waals surface area contributed by atoms with E-state index in [2.05, 4.69) is 5.32 Å². The number of aromatic hydroxyl groups is 1. The Labute approximate surface area is 115 Å². The predicted octanol–water partition coefficient (Wildman–Crippen LogP) is 1.89. The van der Waals surface area contributed by atoms with Gasteiger partial charge in [0.2, 0.25) is 0 Å². The molecular formula is C15H25NO3. The molecule has 19 heavy (non-hydrogen) atoms. The van der Waals surface area contributed by atoms with Gasteiger partial charge in [-0.05, 0) is 37.5 Å². The maximum atomic E-state index is 10.1. The van der Waals surface area contributed by atoms with Gasteiger partial charge in [-0.2, -0.15) is 0 Å². The summed E-state index contributed by atoms with van der Waals surface area (Å²) < 4.78 is 4.97. The summed E-state index contributed by atoms with van der Waals surface area (Å²) in [6.07, 6.45) is 0.601. The van der Waals surface area contributed by atoms with E-state index in [-0.39, 0.29) is 0 Å². The Kier molecular flexibility index (Phi) is 5.79. The molecule has 0 aliphatic rings. The Bertz CT molecular complexity index is 393. The first-order chi connectivity index (χ1) is 8.85. The van der Waals surface area contributed by atoms with Crippen LogP contribution in [0.15, 0.2) is 12.1 Å². The first-order valence-corrected chi connectivity index (χ1v) is 6.57. The van der Waals surface area contributed by atoms with E-state index in [1.54, 1.807) is 14.0 Å². The van der Waals surface area contributed by atoms with E-state index in [9.17, 15) is 10.2 Å². The number of nitrogens with one attached hydrogen (secondary N) is 1. The fraction of sp³-hybridized carbons (Fsp3) is 0.600. The van der Waals surface area contributed by atoms with Crippen molar-refractivity contribution in [1.82, 2.24) is 5.32 Å². The van der Waals surface area contributed by atoms with E-state index in [0.29, 0.717) is 31.9 Å². The number of ether oxygens (including phenoxy) is 1. The van der Waals surface area contributed by atoms with Gasteiger partial charge in [-0.3, -0.25) is 0 Å². The van der Waals surface area contributed by atoms with E-state index < -0.39 is 5.60 Å². The molecule has 1 aromatic rings. The number of hydrogen-bond acceptors (Lipinski definition) is 4. The van der Waals surface area contributed by atoms with Crippen LogP contribution in [0.4, 0.5) is 0 Å². The first kappa shape index (κ1) is 16.0. The number of hydrogen-bond donors (Lipinski definition) is 3. The molecule has 0 aromatic heterocycles. The lowest BCUT2D eigenvalue weighted by Crippen LogP contribution is -2.38. The monoisotopic (exact) mass is 267 g/mol.